The van der Waals surface area contributed by atoms with E-state index < -0.39 is 0 Å². The van der Waals surface area contributed by atoms with Gasteiger partial charge in [0.15, 0.2) is 0 Å². The van der Waals surface area contributed by atoms with E-state index in [1.54, 1.807) is 11.8 Å². The third kappa shape index (κ3) is 3.01. The third-order valence-electron chi connectivity index (χ3n) is 3.95. The number of hydrogen-bond acceptors (Lipinski definition) is 3. The monoisotopic (exact) mass is 264 g/mol. The fourth-order valence-electron chi connectivity index (χ4n) is 2.99. The lowest BCUT2D eigenvalue weighted by Gasteiger charge is -2.26. The number of hydrogen-bond donors (Lipinski definition) is 1. The van der Waals surface area contributed by atoms with Crippen LogP contribution in [0.25, 0.3) is 0 Å². The first-order valence-corrected chi connectivity index (χ1v) is 8.05. The highest BCUT2D eigenvalue weighted by atomic mass is 32.2. The summed E-state index contributed by atoms with van der Waals surface area (Å²) in [5, 5.41) is 0. The number of nitrogens with zero attached hydrogens (tertiary/aromatic N) is 1. The van der Waals surface area contributed by atoms with Gasteiger partial charge in [0, 0.05) is 36.3 Å². The van der Waals surface area contributed by atoms with E-state index >= 15 is 0 Å². The zero-order valence-corrected chi connectivity index (χ0v) is 12.3. The Bertz CT molecular complexity index is 386. The van der Waals surface area contributed by atoms with Crippen LogP contribution in [0.5, 0.6) is 0 Å². The summed E-state index contributed by atoms with van der Waals surface area (Å²) in [7, 11) is 2.21. The molecular weight excluding hydrogens is 240 g/mol. The fourth-order valence-corrected chi connectivity index (χ4v) is 3.64. The summed E-state index contributed by atoms with van der Waals surface area (Å²) in [5.74, 6) is 0.874. The maximum Gasteiger partial charge on any atom is 0.0420 e. The predicted molar refractivity (Wildman–Crippen MR) is 81.3 cm³/mol. The molecule has 0 bridgehead atoms. The molecule has 2 nitrogen and oxygen atoms in total. The Kier molecular flexibility index (Phi) is 4.95. The lowest BCUT2D eigenvalue weighted by Crippen LogP contribution is -2.25. The van der Waals surface area contributed by atoms with Crippen LogP contribution in [0.3, 0.4) is 0 Å². The van der Waals surface area contributed by atoms with Crippen molar-refractivity contribution < 1.29 is 0 Å². The number of rotatable bonds is 5. The lowest BCUT2D eigenvalue weighted by atomic mass is 10.1. The minimum Gasteiger partial charge on any atom is -0.374 e. The quantitative estimate of drug-likeness (QED) is 0.825. The zero-order valence-electron chi connectivity index (χ0n) is 11.5. The Labute approximate surface area is 115 Å². The van der Waals surface area contributed by atoms with Crippen molar-refractivity contribution in [1.82, 2.24) is 0 Å². The lowest BCUT2D eigenvalue weighted by molar-refractivity contribution is 0.546. The van der Waals surface area contributed by atoms with Gasteiger partial charge in [-0.05, 0) is 37.1 Å². The summed E-state index contributed by atoms with van der Waals surface area (Å²) in [5.41, 5.74) is 8.55. The van der Waals surface area contributed by atoms with E-state index in [0.29, 0.717) is 6.54 Å². The van der Waals surface area contributed by atoms with Gasteiger partial charge in [0.05, 0.1) is 0 Å². The van der Waals surface area contributed by atoms with E-state index in [9.17, 15) is 0 Å². The second-order valence-electron chi connectivity index (χ2n) is 5.19. The summed E-state index contributed by atoms with van der Waals surface area (Å²) in [6.45, 7) is 1.80. The normalized spacial score (nSPS) is 16.2. The van der Waals surface area contributed by atoms with Gasteiger partial charge in [-0.3, -0.25) is 0 Å². The summed E-state index contributed by atoms with van der Waals surface area (Å²) >= 11 is 1.79. The molecule has 18 heavy (non-hydrogen) atoms. The number of anilines is 1. The molecule has 1 aromatic carbocycles. The molecule has 1 aliphatic rings. The van der Waals surface area contributed by atoms with E-state index in [-0.39, 0.29) is 0 Å². The highest BCUT2D eigenvalue weighted by molar-refractivity contribution is 7.98. The topological polar surface area (TPSA) is 29.3 Å². The van der Waals surface area contributed by atoms with Crippen LogP contribution in [0.15, 0.2) is 23.1 Å². The smallest absolute Gasteiger partial charge is 0.0420 e. The van der Waals surface area contributed by atoms with Crippen molar-refractivity contribution in [2.24, 2.45) is 11.7 Å². The van der Waals surface area contributed by atoms with E-state index in [4.69, 9.17) is 5.73 Å². The fraction of sp³-hybridized carbons (Fsp3) is 0.600. The molecule has 0 aromatic heterocycles. The molecular formula is C15H24N2S. The van der Waals surface area contributed by atoms with Crippen LogP contribution < -0.4 is 10.6 Å². The zero-order chi connectivity index (χ0) is 13.0. The average Bonchev–Trinajstić information content (AvgIpc) is 2.90. The van der Waals surface area contributed by atoms with Crippen LogP contribution in [0.1, 0.15) is 31.2 Å². The number of thioether (sulfide) groups is 1. The standard InChI is InChI=1S/C15H24N2S/c1-17(11-12-6-3-4-7-12)14-8-5-9-15(18-2)13(14)10-16/h5,8-9,12H,3-4,6-7,10-11,16H2,1-2H3. The molecule has 3 heteroatoms. The van der Waals surface area contributed by atoms with E-state index in [2.05, 4.69) is 36.4 Å². The first-order valence-electron chi connectivity index (χ1n) is 6.83. The van der Waals surface area contributed by atoms with Crippen LogP contribution in [-0.2, 0) is 6.54 Å². The molecule has 1 fully saturated rings. The summed E-state index contributed by atoms with van der Waals surface area (Å²) in [4.78, 5) is 3.71. The van der Waals surface area contributed by atoms with Crippen molar-refractivity contribution in [3.63, 3.8) is 0 Å². The van der Waals surface area contributed by atoms with E-state index in [1.807, 2.05) is 0 Å². The van der Waals surface area contributed by atoms with E-state index in [1.165, 1.54) is 48.4 Å². The van der Waals surface area contributed by atoms with Crippen LogP contribution in [-0.4, -0.2) is 19.8 Å². The van der Waals surface area contributed by atoms with Crippen molar-refractivity contribution in [2.45, 2.75) is 37.1 Å². The molecule has 0 radical (unpaired) electrons. The molecule has 100 valence electrons. The predicted octanol–water partition coefficient (Wildman–Crippen LogP) is 3.49. The van der Waals surface area contributed by atoms with Crippen molar-refractivity contribution in [3.8, 4) is 0 Å². The van der Waals surface area contributed by atoms with E-state index in [0.717, 1.165) is 5.92 Å². The second-order valence-corrected chi connectivity index (χ2v) is 6.04. The Hall–Kier alpha value is -0.670. The molecule has 1 aromatic rings. The molecule has 2 rings (SSSR count). The molecule has 1 saturated carbocycles. The van der Waals surface area contributed by atoms with Gasteiger partial charge < -0.3 is 10.6 Å². The van der Waals surface area contributed by atoms with Crippen molar-refractivity contribution >= 4 is 17.4 Å². The van der Waals surface area contributed by atoms with Gasteiger partial charge >= 0.3 is 0 Å². The summed E-state index contributed by atoms with van der Waals surface area (Å²) < 4.78 is 0. The SMILES string of the molecule is CSc1cccc(N(C)CC2CCCC2)c1CN. The molecule has 1 aliphatic carbocycles. The Morgan fingerprint density at radius 1 is 1.33 bits per heavy atom. The third-order valence-corrected chi connectivity index (χ3v) is 4.77. The maximum atomic E-state index is 5.93. The molecule has 0 saturated heterocycles. The van der Waals surface area contributed by atoms with Gasteiger partial charge in [0.1, 0.15) is 0 Å². The Balaban J connectivity index is 2.15. The molecule has 0 unspecified atom stereocenters. The first kappa shape index (κ1) is 13.8. The average molecular weight is 264 g/mol. The minimum absolute atomic E-state index is 0.626. The van der Waals surface area contributed by atoms with Gasteiger partial charge in [0.25, 0.3) is 0 Å². The van der Waals surface area contributed by atoms with Crippen LogP contribution in [0.2, 0.25) is 0 Å². The van der Waals surface area contributed by atoms with Gasteiger partial charge in [0.2, 0.25) is 0 Å². The van der Waals surface area contributed by atoms with Gasteiger partial charge in [-0.25, -0.2) is 0 Å². The molecule has 0 atom stereocenters. The highest BCUT2D eigenvalue weighted by Crippen LogP contribution is 2.31. The van der Waals surface area contributed by atoms with Crippen molar-refractivity contribution in [3.05, 3.63) is 23.8 Å². The van der Waals surface area contributed by atoms with Crippen molar-refractivity contribution in [2.75, 3.05) is 24.7 Å². The van der Waals surface area contributed by atoms with Gasteiger partial charge in [-0.2, -0.15) is 0 Å². The van der Waals surface area contributed by atoms with Gasteiger partial charge in [-0.1, -0.05) is 18.9 Å². The minimum atomic E-state index is 0.626. The van der Waals surface area contributed by atoms with Crippen LogP contribution in [0, 0.1) is 5.92 Å². The Morgan fingerprint density at radius 2 is 2.06 bits per heavy atom. The van der Waals surface area contributed by atoms with Crippen LogP contribution >= 0.6 is 11.8 Å². The maximum absolute atomic E-state index is 5.93. The Morgan fingerprint density at radius 3 is 2.67 bits per heavy atom. The summed E-state index contributed by atoms with van der Waals surface area (Å²) in [6.07, 6.45) is 7.73. The number of nitrogens with two attached hydrogens (primary N) is 1. The molecule has 0 aliphatic heterocycles. The molecule has 2 N–H and O–H groups in total. The first-order chi connectivity index (χ1) is 8.76. The van der Waals surface area contributed by atoms with Crippen molar-refractivity contribution in [1.29, 1.82) is 0 Å². The van der Waals surface area contributed by atoms with Gasteiger partial charge in [-0.15, -0.1) is 11.8 Å². The largest absolute Gasteiger partial charge is 0.374 e. The molecule has 0 heterocycles. The highest BCUT2D eigenvalue weighted by Gasteiger charge is 2.18. The van der Waals surface area contributed by atoms with Crippen LogP contribution in [0.4, 0.5) is 5.69 Å². The molecule has 0 spiro atoms. The second kappa shape index (κ2) is 6.48. The summed E-state index contributed by atoms with van der Waals surface area (Å²) in [6, 6.07) is 6.52. The molecule has 0 amide bonds. The number of benzene rings is 1.